The van der Waals surface area contributed by atoms with Gasteiger partial charge in [-0.25, -0.2) is 19.6 Å². The number of hydrogen-bond acceptors (Lipinski definition) is 7. The number of piperidine rings is 2. The zero-order valence-corrected chi connectivity index (χ0v) is 32.1. The summed E-state index contributed by atoms with van der Waals surface area (Å²) >= 11 is 0. The number of ether oxygens (including phenoxy) is 1. The number of nitrogens with one attached hydrogen (secondary N) is 4. The third kappa shape index (κ3) is 6.76. The highest BCUT2D eigenvalue weighted by Crippen LogP contribution is 2.54. The van der Waals surface area contributed by atoms with E-state index in [1.165, 1.54) is 7.11 Å². The average molecular weight is 771 g/mol. The fourth-order valence-corrected chi connectivity index (χ4v) is 9.15. The largest absolute Gasteiger partial charge is 0.465 e. The number of likely N-dealkylation sites (tertiary alicyclic amines) is 2. The van der Waals surface area contributed by atoms with E-state index >= 15 is 0 Å². The molecule has 0 unspecified atom stereocenters. The molecule has 4 amide bonds. The number of fused-ring (bicyclic) bond motifs is 3. The summed E-state index contributed by atoms with van der Waals surface area (Å²) in [7, 11) is 1.30. The van der Waals surface area contributed by atoms with Crippen LogP contribution in [-0.4, -0.2) is 90.1 Å². The minimum atomic E-state index is -1.20. The van der Waals surface area contributed by atoms with Gasteiger partial charge in [0, 0.05) is 35.6 Å². The Morgan fingerprint density at radius 1 is 0.702 bits per heavy atom. The summed E-state index contributed by atoms with van der Waals surface area (Å²) in [6, 6.07) is 19.5. The molecular weight excluding hydrogens is 725 g/mol. The van der Waals surface area contributed by atoms with Gasteiger partial charge in [-0.1, -0.05) is 62.4 Å². The molecule has 0 radical (unpaired) electrons. The number of methoxy groups -OCH3 is 1. The Hall–Kier alpha value is -6.18. The van der Waals surface area contributed by atoms with E-state index in [1.54, 1.807) is 0 Å². The van der Waals surface area contributed by atoms with Crippen molar-refractivity contribution in [1.82, 2.24) is 40.4 Å². The van der Waals surface area contributed by atoms with Gasteiger partial charge >= 0.3 is 12.2 Å². The summed E-state index contributed by atoms with van der Waals surface area (Å²) in [6.45, 7) is 3.69. The van der Waals surface area contributed by atoms with E-state index in [0.717, 1.165) is 81.7 Å². The lowest BCUT2D eigenvalue weighted by Gasteiger charge is -2.30. The quantitative estimate of drug-likeness (QED) is 0.0972. The van der Waals surface area contributed by atoms with Gasteiger partial charge in [0.1, 0.15) is 23.7 Å². The molecule has 2 aromatic heterocycles. The molecule has 57 heavy (non-hydrogen) atoms. The number of carboxylic acid groups (broad SMARTS) is 1. The maximum absolute atomic E-state index is 13.6. The Balaban J connectivity index is 0.880. The lowest BCUT2D eigenvalue weighted by molar-refractivity contribution is -0.136. The van der Waals surface area contributed by atoms with Crippen molar-refractivity contribution in [3.8, 4) is 33.6 Å². The number of carbonyl (C=O) groups excluding carboxylic acids is 3. The molecule has 4 fully saturated rings. The lowest BCUT2D eigenvalue weighted by Crippen LogP contribution is -2.49. The lowest BCUT2D eigenvalue weighted by atomic mass is 9.98. The molecule has 14 nitrogen and oxygen atoms in total. The third-order valence-electron chi connectivity index (χ3n) is 12.4. The van der Waals surface area contributed by atoms with Crippen LogP contribution in [0.1, 0.15) is 76.1 Å². The van der Waals surface area contributed by atoms with Gasteiger partial charge in [-0.15, -0.1) is 0 Å². The van der Waals surface area contributed by atoms with Crippen molar-refractivity contribution >= 4 is 34.8 Å². The van der Waals surface area contributed by atoms with Crippen molar-refractivity contribution in [2.75, 3.05) is 7.11 Å². The number of alkyl carbamates (subject to hydrolysis) is 1. The molecule has 0 spiro atoms. The summed E-state index contributed by atoms with van der Waals surface area (Å²) in [5.74, 6) is 2.08. The van der Waals surface area contributed by atoms with E-state index in [0.29, 0.717) is 24.7 Å². The Kier molecular flexibility index (Phi) is 9.21. The molecule has 5 N–H and O–H groups in total. The van der Waals surface area contributed by atoms with Crippen LogP contribution >= 0.6 is 0 Å². The van der Waals surface area contributed by atoms with Crippen molar-refractivity contribution in [2.24, 2.45) is 11.8 Å². The highest BCUT2D eigenvalue weighted by Gasteiger charge is 2.57. The van der Waals surface area contributed by atoms with Gasteiger partial charge in [-0.2, -0.15) is 0 Å². The molecule has 4 heterocycles. The standard InChI is InChI=1S/C43H46N8O6/c1-4-30(48-42(54)55)40(52)50-34-16-28(34)18-36(50)38-44-20-32(46-38)23-8-6-22(7-9-23)24-10-11-26-15-27(13-12-25(26)14-24)33-21-45-39(47-33)37-19-29-17-35(29)51(37)41(53)31(5-2)49-43(56)57-3/h6-15,20-21,28-31,34-37,48H,4-5,16-19H2,1-3H3,(H,44,46)(H,45,47)(H,49,56)(H,54,55)/t28-,29-,30+,31+,34-,35-,36+,37+/m1/s1. The van der Waals surface area contributed by atoms with Gasteiger partial charge in [0.2, 0.25) is 11.8 Å². The summed E-state index contributed by atoms with van der Waals surface area (Å²) in [5.41, 5.74) is 5.69. The number of amides is 4. The minimum absolute atomic E-state index is 0.0982. The normalized spacial score (nSPS) is 24.1. The summed E-state index contributed by atoms with van der Waals surface area (Å²) in [4.78, 5) is 70.5. The first kappa shape index (κ1) is 36.5. The van der Waals surface area contributed by atoms with Gasteiger partial charge in [0.05, 0.1) is 30.6 Å². The Labute approximate surface area is 329 Å². The number of hydrogen-bond donors (Lipinski definition) is 5. The van der Waals surface area contributed by atoms with Gasteiger partial charge < -0.3 is 40.2 Å². The molecular formula is C43H46N8O6. The second kappa shape index (κ2) is 14.4. The number of carbonyl (C=O) groups is 4. The Morgan fingerprint density at radius 2 is 1.18 bits per heavy atom. The summed E-state index contributed by atoms with van der Waals surface area (Å²) in [5, 5.41) is 16.5. The highest BCUT2D eigenvalue weighted by molar-refractivity contribution is 5.91. The van der Waals surface area contributed by atoms with Crippen LogP contribution < -0.4 is 10.6 Å². The van der Waals surface area contributed by atoms with E-state index in [-0.39, 0.29) is 36.0 Å². The molecule has 4 aliphatic rings. The van der Waals surface area contributed by atoms with E-state index in [2.05, 4.69) is 81.3 Å². The second-order valence-electron chi connectivity index (χ2n) is 15.8. The molecule has 3 aromatic carbocycles. The number of imidazole rings is 2. The Morgan fingerprint density at radius 3 is 1.70 bits per heavy atom. The molecule has 2 saturated carbocycles. The number of aromatic nitrogens is 4. The van der Waals surface area contributed by atoms with Crippen LogP contribution in [0.2, 0.25) is 0 Å². The van der Waals surface area contributed by atoms with E-state index in [9.17, 15) is 24.3 Å². The van der Waals surface area contributed by atoms with Crippen molar-refractivity contribution in [1.29, 1.82) is 0 Å². The summed E-state index contributed by atoms with van der Waals surface area (Å²) in [6.07, 6.45) is 6.42. The topological polar surface area (TPSA) is 186 Å². The van der Waals surface area contributed by atoms with Gasteiger partial charge in [0.25, 0.3) is 0 Å². The van der Waals surface area contributed by atoms with Crippen LogP contribution in [0.5, 0.6) is 0 Å². The van der Waals surface area contributed by atoms with Gasteiger partial charge in [-0.05, 0) is 84.4 Å². The van der Waals surface area contributed by atoms with Crippen molar-refractivity contribution in [3.63, 3.8) is 0 Å². The van der Waals surface area contributed by atoms with Crippen molar-refractivity contribution < 1.29 is 29.0 Å². The van der Waals surface area contributed by atoms with E-state index in [1.807, 2.05) is 36.0 Å². The number of H-pyrrole nitrogens is 2. The molecule has 14 heteroatoms. The minimum Gasteiger partial charge on any atom is -0.465 e. The first-order chi connectivity index (χ1) is 27.6. The SMILES string of the molecule is CC[C@H](NC(=O)O)C(=O)N1[C@@H]2C[C@@H]2C[C@H]1c1nc(-c2ccc(-c3ccc4cc(-c5c[nH]c([C@@H]6C[C@H]7C[C@H]7N6C(=O)[C@H](CC)NC(=O)OC)n5)ccc4c3)cc2)c[nH]1. The fraction of sp³-hybridized carbons (Fsp3) is 0.395. The van der Waals surface area contributed by atoms with Crippen LogP contribution in [-0.2, 0) is 14.3 Å². The number of rotatable bonds is 11. The number of benzene rings is 3. The smallest absolute Gasteiger partial charge is 0.407 e. The molecule has 9 rings (SSSR count). The van der Waals surface area contributed by atoms with Crippen LogP contribution in [0.4, 0.5) is 9.59 Å². The van der Waals surface area contributed by atoms with Crippen LogP contribution in [0.15, 0.2) is 73.1 Å². The monoisotopic (exact) mass is 770 g/mol. The predicted octanol–water partition coefficient (Wildman–Crippen LogP) is 6.79. The Bertz CT molecular complexity index is 2370. The fourth-order valence-electron chi connectivity index (χ4n) is 9.15. The maximum Gasteiger partial charge on any atom is 0.407 e. The van der Waals surface area contributed by atoms with Crippen LogP contribution in [0, 0.1) is 11.8 Å². The average Bonchev–Trinajstić information content (AvgIpc) is 3.82. The first-order valence-corrected chi connectivity index (χ1v) is 19.9. The molecule has 294 valence electrons. The second-order valence-corrected chi connectivity index (χ2v) is 15.8. The highest BCUT2D eigenvalue weighted by atomic mass is 16.5. The van der Waals surface area contributed by atoms with Crippen LogP contribution in [0.3, 0.4) is 0 Å². The molecule has 0 bridgehead atoms. The zero-order chi connectivity index (χ0) is 39.5. The molecule has 2 aliphatic heterocycles. The molecule has 2 aliphatic carbocycles. The zero-order valence-electron chi connectivity index (χ0n) is 32.1. The van der Waals surface area contributed by atoms with Crippen molar-refractivity contribution in [3.05, 3.63) is 84.7 Å². The number of nitrogens with zero attached hydrogens (tertiary/aromatic N) is 4. The maximum atomic E-state index is 13.6. The van der Waals surface area contributed by atoms with Gasteiger partial charge in [-0.3, -0.25) is 9.59 Å². The third-order valence-corrected chi connectivity index (χ3v) is 12.4. The molecule has 5 aromatic rings. The summed E-state index contributed by atoms with van der Waals surface area (Å²) < 4.78 is 4.75. The predicted molar refractivity (Wildman–Crippen MR) is 212 cm³/mol. The van der Waals surface area contributed by atoms with Gasteiger partial charge in [0.15, 0.2) is 0 Å². The van der Waals surface area contributed by atoms with E-state index < -0.39 is 24.3 Å². The van der Waals surface area contributed by atoms with Crippen molar-refractivity contribution in [2.45, 2.75) is 88.6 Å². The first-order valence-electron chi connectivity index (χ1n) is 19.9. The molecule has 8 atom stereocenters. The molecule has 2 saturated heterocycles. The number of aromatic amines is 2. The van der Waals surface area contributed by atoms with Crippen LogP contribution in [0.25, 0.3) is 44.4 Å². The van der Waals surface area contributed by atoms with E-state index in [4.69, 9.17) is 14.7 Å².